The molecule has 0 aliphatic heterocycles. The summed E-state index contributed by atoms with van der Waals surface area (Å²) < 4.78 is 11.0. The maximum atomic E-state index is 12.9. The molecule has 0 radical (unpaired) electrons. The fraction of sp³-hybridized carbons (Fsp3) is 0.261. The van der Waals surface area contributed by atoms with Crippen molar-refractivity contribution in [3.8, 4) is 11.5 Å². The van der Waals surface area contributed by atoms with Crippen molar-refractivity contribution in [1.29, 1.82) is 0 Å². The number of aryl methyl sites for hydroxylation is 1. The Morgan fingerprint density at radius 2 is 1.91 bits per heavy atom. The Morgan fingerprint density at radius 1 is 1.12 bits per heavy atom. The molecule has 2 aromatic heterocycles. The quantitative estimate of drug-likeness (QED) is 0.472. The number of amides is 1. The van der Waals surface area contributed by atoms with Crippen LogP contribution in [0, 0.1) is 6.92 Å². The average Bonchev–Trinajstić information content (AvgIpc) is 3.43. The lowest BCUT2D eigenvalue weighted by Gasteiger charge is -2.20. The number of hydrogen-bond acceptors (Lipinski definition) is 8. The molecular weight excluding hydrogens is 408 g/mol. The van der Waals surface area contributed by atoms with E-state index in [2.05, 4.69) is 20.3 Å². The zero-order valence-electron chi connectivity index (χ0n) is 18.1. The number of hydrogen-bond donors (Lipinski definition) is 1. The third-order valence-electron chi connectivity index (χ3n) is 4.97. The zero-order chi connectivity index (χ0) is 22.7. The van der Waals surface area contributed by atoms with Crippen LogP contribution in [0.1, 0.15) is 40.5 Å². The molecule has 0 aliphatic rings. The van der Waals surface area contributed by atoms with Crippen molar-refractivity contribution < 1.29 is 13.7 Å². The van der Waals surface area contributed by atoms with Gasteiger partial charge in [-0.3, -0.25) is 4.79 Å². The summed E-state index contributed by atoms with van der Waals surface area (Å²) in [6.45, 7) is 3.79. The fourth-order valence-corrected chi connectivity index (χ4v) is 3.35. The molecule has 32 heavy (non-hydrogen) atoms. The van der Waals surface area contributed by atoms with Gasteiger partial charge in [-0.15, -0.1) is 10.2 Å². The lowest BCUT2D eigenvalue weighted by Crippen LogP contribution is -2.35. The molecule has 164 valence electrons. The predicted octanol–water partition coefficient (Wildman–Crippen LogP) is 3.12. The van der Waals surface area contributed by atoms with Gasteiger partial charge in [0.1, 0.15) is 0 Å². The summed E-state index contributed by atoms with van der Waals surface area (Å²) in [7, 11) is 1.67. The molecule has 1 amide bonds. The molecule has 9 heteroatoms. The van der Waals surface area contributed by atoms with E-state index in [0.717, 1.165) is 5.56 Å². The van der Waals surface area contributed by atoms with Crippen LogP contribution in [0.2, 0.25) is 0 Å². The molecule has 0 bridgehead atoms. The first-order chi connectivity index (χ1) is 15.3. The standard InChI is InChI=1S/C23H24N6O3/c1-15-25-19(32-28-15)14-29(3)21(30)18-11-7-10-17(12-18)20-26-27-22(31-20)23(2,24)13-16-8-5-4-6-9-16/h4-12H,13-14,24H2,1-3H3. The molecular formula is C23H24N6O3. The molecule has 1 unspecified atom stereocenters. The summed E-state index contributed by atoms with van der Waals surface area (Å²) in [5, 5.41) is 12.1. The van der Waals surface area contributed by atoms with Gasteiger partial charge in [-0.05, 0) is 44.0 Å². The molecule has 0 saturated carbocycles. The summed E-state index contributed by atoms with van der Waals surface area (Å²) in [5.41, 5.74) is 7.82. The minimum absolute atomic E-state index is 0.199. The number of aromatic nitrogens is 4. The van der Waals surface area contributed by atoms with E-state index in [-0.39, 0.29) is 12.5 Å². The largest absolute Gasteiger partial charge is 0.419 e. The summed E-state index contributed by atoms with van der Waals surface area (Å²) in [5.74, 6) is 1.33. The Bertz CT molecular complexity index is 1220. The van der Waals surface area contributed by atoms with Gasteiger partial charge < -0.3 is 19.6 Å². The molecule has 2 N–H and O–H groups in total. The van der Waals surface area contributed by atoms with E-state index in [1.807, 2.05) is 37.3 Å². The Kier molecular flexibility index (Phi) is 5.83. The van der Waals surface area contributed by atoms with E-state index in [1.54, 1.807) is 38.2 Å². The van der Waals surface area contributed by atoms with Crippen molar-refractivity contribution in [3.63, 3.8) is 0 Å². The molecule has 1 atom stereocenters. The van der Waals surface area contributed by atoms with Gasteiger partial charge in [0, 0.05) is 18.2 Å². The highest BCUT2D eigenvalue weighted by molar-refractivity contribution is 5.95. The maximum Gasteiger partial charge on any atom is 0.254 e. The predicted molar refractivity (Wildman–Crippen MR) is 116 cm³/mol. The van der Waals surface area contributed by atoms with Crippen molar-refractivity contribution >= 4 is 5.91 Å². The molecule has 4 aromatic rings. The normalized spacial score (nSPS) is 13.0. The Balaban J connectivity index is 1.51. The third-order valence-corrected chi connectivity index (χ3v) is 4.97. The lowest BCUT2D eigenvalue weighted by molar-refractivity contribution is 0.0769. The molecule has 0 saturated heterocycles. The highest BCUT2D eigenvalue weighted by Gasteiger charge is 2.29. The number of carbonyl (C=O) groups is 1. The lowest BCUT2D eigenvalue weighted by atomic mass is 9.94. The Hall–Kier alpha value is -3.85. The maximum absolute atomic E-state index is 12.9. The summed E-state index contributed by atoms with van der Waals surface area (Å²) in [6, 6.07) is 16.9. The Labute approximate surface area is 185 Å². The van der Waals surface area contributed by atoms with E-state index < -0.39 is 5.54 Å². The van der Waals surface area contributed by atoms with Gasteiger partial charge in [0.2, 0.25) is 17.7 Å². The van der Waals surface area contributed by atoms with Gasteiger partial charge in [-0.1, -0.05) is 41.6 Å². The topological polar surface area (TPSA) is 124 Å². The summed E-state index contributed by atoms with van der Waals surface area (Å²) >= 11 is 0. The van der Waals surface area contributed by atoms with Crippen LogP contribution in [0.3, 0.4) is 0 Å². The molecule has 0 fully saturated rings. The van der Waals surface area contributed by atoms with E-state index in [1.165, 1.54) is 4.90 Å². The third kappa shape index (κ3) is 4.73. The molecule has 2 heterocycles. The van der Waals surface area contributed by atoms with Crippen LogP contribution >= 0.6 is 0 Å². The van der Waals surface area contributed by atoms with Crippen LogP contribution in [0.15, 0.2) is 63.5 Å². The first-order valence-corrected chi connectivity index (χ1v) is 10.1. The van der Waals surface area contributed by atoms with Crippen molar-refractivity contribution in [1.82, 2.24) is 25.2 Å². The molecule has 9 nitrogen and oxygen atoms in total. The first kappa shape index (κ1) is 21.4. The smallest absolute Gasteiger partial charge is 0.254 e. The first-order valence-electron chi connectivity index (χ1n) is 10.1. The number of nitrogens with zero attached hydrogens (tertiary/aromatic N) is 5. The van der Waals surface area contributed by atoms with Gasteiger partial charge >= 0.3 is 0 Å². The van der Waals surface area contributed by atoms with Crippen molar-refractivity contribution in [2.45, 2.75) is 32.4 Å². The second-order valence-corrected chi connectivity index (χ2v) is 7.97. The van der Waals surface area contributed by atoms with E-state index in [0.29, 0.717) is 41.0 Å². The SMILES string of the molecule is Cc1noc(CN(C)C(=O)c2cccc(-c3nnc(C(C)(N)Cc4ccccc4)o3)c2)n1. The van der Waals surface area contributed by atoms with Crippen molar-refractivity contribution in [3.05, 3.63) is 83.3 Å². The second-order valence-electron chi connectivity index (χ2n) is 7.97. The molecule has 4 rings (SSSR count). The van der Waals surface area contributed by atoms with Crippen LogP contribution < -0.4 is 5.73 Å². The van der Waals surface area contributed by atoms with Gasteiger partial charge in [0.15, 0.2) is 5.82 Å². The summed E-state index contributed by atoms with van der Waals surface area (Å²) in [4.78, 5) is 18.5. The van der Waals surface area contributed by atoms with Gasteiger partial charge in [-0.2, -0.15) is 4.98 Å². The Morgan fingerprint density at radius 3 is 2.62 bits per heavy atom. The number of benzene rings is 2. The number of carbonyl (C=O) groups excluding carboxylic acids is 1. The van der Waals surface area contributed by atoms with E-state index in [9.17, 15) is 4.79 Å². The van der Waals surface area contributed by atoms with Crippen molar-refractivity contribution in [2.75, 3.05) is 7.05 Å². The average molecular weight is 432 g/mol. The van der Waals surface area contributed by atoms with Gasteiger partial charge in [0.25, 0.3) is 5.91 Å². The van der Waals surface area contributed by atoms with Crippen LogP contribution in [0.25, 0.3) is 11.5 Å². The molecule has 0 spiro atoms. The van der Waals surface area contributed by atoms with Gasteiger partial charge in [-0.25, -0.2) is 0 Å². The molecule has 2 aromatic carbocycles. The zero-order valence-corrected chi connectivity index (χ0v) is 18.1. The minimum atomic E-state index is -0.831. The van der Waals surface area contributed by atoms with Crippen LogP contribution in [0.4, 0.5) is 0 Å². The second kappa shape index (κ2) is 8.72. The van der Waals surface area contributed by atoms with Crippen molar-refractivity contribution in [2.24, 2.45) is 5.73 Å². The molecule has 0 aliphatic carbocycles. The highest BCUT2D eigenvalue weighted by atomic mass is 16.5. The van der Waals surface area contributed by atoms with Crippen LogP contribution in [-0.4, -0.2) is 38.2 Å². The monoisotopic (exact) mass is 432 g/mol. The number of rotatable bonds is 7. The minimum Gasteiger partial charge on any atom is -0.419 e. The van der Waals surface area contributed by atoms with E-state index >= 15 is 0 Å². The fourth-order valence-electron chi connectivity index (χ4n) is 3.35. The van der Waals surface area contributed by atoms with Crippen LogP contribution in [-0.2, 0) is 18.5 Å². The van der Waals surface area contributed by atoms with Gasteiger partial charge in [0.05, 0.1) is 12.1 Å². The van der Waals surface area contributed by atoms with Crippen LogP contribution in [0.5, 0.6) is 0 Å². The highest BCUT2D eigenvalue weighted by Crippen LogP contribution is 2.26. The van der Waals surface area contributed by atoms with E-state index in [4.69, 9.17) is 14.7 Å². The number of nitrogens with two attached hydrogens (primary N) is 1. The summed E-state index contributed by atoms with van der Waals surface area (Å²) in [6.07, 6.45) is 0.550.